The van der Waals surface area contributed by atoms with Gasteiger partial charge in [0.25, 0.3) is 5.91 Å². The van der Waals surface area contributed by atoms with E-state index in [1.165, 1.54) is 11.8 Å². The van der Waals surface area contributed by atoms with E-state index in [2.05, 4.69) is 5.32 Å². The van der Waals surface area contributed by atoms with E-state index < -0.39 is 0 Å². The van der Waals surface area contributed by atoms with Crippen molar-refractivity contribution in [2.24, 2.45) is 0 Å². The van der Waals surface area contributed by atoms with E-state index in [-0.39, 0.29) is 23.7 Å². The van der Waals surface area contributed by atoms with Crippen LogP contribution < -0.4 is 10.1 Å². The van der Waals surface area contributed by atoms with Crippen molar-refractivity contribution in [3.8, 4) is 5.75 Å². The van der Waals surface area contributed by atoms with Gasteiger partial charge in [0.2, 0.25) is 0 Å². The van der Waals surface area contributed by atoms with Crippen LogP contribution in [0.3, 0.4) is 0 Å². The first-order valence-corrected chi connectivity index (χ1v) is 8.98. The first-order chi connectivity index (χ1) is 12.2. The van der Waals surface area contributed by atoms with Gasteiger partial charge in [0.15, 0.2) is 6.61 Å². The van der Waals surface area contributed by atoms with E-state index in [4.69, 9.17) is 9.47 Å². The third kappa shape index (κ3) is 4.33. The highest BCUT2D eigenvalue weighted by Crippen LogP contribution is 2.37. The first-order valence-electron chi connectivity index (χ1n) is 8.10. The highest BCUT2D eigenvalue weighted by Gasteiger charge is 2.29. The number of para-hydroxylation sites is 2. The summed E-state index contributed by atoms with van der Waals surface area (Å²) in [5, 5.41) is 2.42. The predicted octanol–water partition coefficient (Wildman–Crippen LogP) is 3.28. The van der Waals surface area contributed by atoms with Gasteiger partial charge in [0, 0.05) is 4.90 Å². The molecule has 130 valence electrons. The molecule has 25 heavy (non-hydrogen) atoms. The van der Waals surface area contributed by atoms with Crippen molar-refractivity contribution in [3.63, 3.8) is 0 Å². The predicted molar refractivity (Wildman–Crippen MR) is 97.0 cm³/mol. The molecule has 2 aromatic carbocycles. The fraction of sp³-hybridized carbons (Fsp3) is 0.263. The topological polar surface area (TPSA) is 64.6 Å². The molecule has 0 saturated heterocycles. The molecule has 1 atom stereocenters. The summed E-state index contributed by atoms with van der Waals surface area (Å²) in [6.45, 7) is 2.06. The van der Waals surface area contributed by atoms with E-state index in [0.29, 0.717) is 24.5 Å². The zero-order valence-corrected chi connectivity index (χ0v) is 14.7. The fourth-order valence-corrected chi connectivity index (χ4v) is 3.77. The maximum Gasteiger partial charge on any atom is 0.320 e. The lowest BCUT2D eigenvalue weighted by Crippen LogP contribution is -2.26. The van der Waals surface area contributed by atoms with Crippen LogP contribution in [0.1, 0.15) is 12.5 Å². The largest absolute Gasteiger partial charge is 0.492 e. The summed E-state index contributed by atoms with van der Waals surface area (Å²) in [6, 6.07) is 15.1. The molecule has 0 radical (unpaired) electrons. The van der Waals surface area contributed by atoms with Crippen molar-refractivity contribution >= 4 is 29.3 Å². The smallest absolute Gasteiger partial charge is 0.320 e. The Morgan fingerprint density at radius 2 is 1.92 bits per heavy atom. The number of nitrogens with one attached hydrogen (secondary N) is 1. The number of hydrogen-bond donors (Lipinski definition) is 1. The zero-order valence-electron chi connectivity index (χ0n) is 13.9. The molecule has 1 aliphatic heterocycles. The average Bonchev–Trinajstić information content (AvgIpc) is 3.06. The SMILES string of the molecule is CCOc1ccccc1NC(=O)COC(=O)C1Cc2ccccc2S1. The van der Waals surface area contributed by atoms with Crippen molar-refractivity contribution in [2.45, 2.75) is 23.5 Å². The Bertz CT molecular complexity index is 753. The summed E-state index contributed by atoms with van der Waals surface area (Å²) < 4.78 is 10.6. The summed E-state index contributed by atoms with van der Waals surface area (Å²) in [6.07, 6.45) is 0.633. The van der Waals surface area contributed by atoms with Crippen molar-refractivity contribution in [2.75, 3.05) is 18.5 Å². The van der Waals surface area contributed by atoms with Crippen molar-refractivity contribution < 1.29 is 19.1 Å². The van der Waals surface area contributed by atoms with Crippen LogP contribution in [0.5, 0.6) is 5.75 Å². The lowest BCUT2D eigenvalue weighted by Gasteiger charge is -2.12. The third-order valence-corrected chi connectivity index (χ3v) is 5.01. The van der Waals surface area contributed by atoms with Crippen LogP contribution in [-0.4, -0.2) is 30.3 Å². The van der Waals surface area contributed by atoms with Gasteiger partial charge in [-0.05, 0) is 37.1 Å². The van der Waals surface area contributed by atoms with Gasteiger partial charge in [0.1, 0.15) is 11.0 Å². The standard InChI is InChI=1S/C19H19NO4S/c1-2-23-15-9-5-4-8-14(15)20-18(21)12-24-19(22)17-11-13-7-3-6-10-16(13)25-17/h3-10,17H,2,11-12H2,1H3,(H,20,21). The van der Waals surface area contributed by atoms with Crippen LogP contribution in [-0.2, 0) is 20.7 Å². The lowest BCUT2D eigenvalue weighted by molar-refractivity contribution is -0.146. The number of carbonyl (C=O) groups is 2. The van der Waals surface area contributed by atoms with Gasteiger partial charge in [-0.25, -0.2) is 0 Å². The van der Waals surface area contributed by atoms with Crippen molar-refractivity contribution in [3.05, 3.63) is 54.1 Å². The highest BCUT2D eigenvalue weighted by atomic mass is 32.2. The lowest BCUT2D eigenvalue weighted by atomic mass is 10.1. The molecule has 1 aliphatic rings. The van der Waals surface area contributed by atoms with Gasteiger partial charge in [-0.15, -0.1) is 11.8 Å². The summed E-state index contributed by atoms with van der Waals surface area (Å²) in [7, 11) is 0. The van der Waals surface area contributed by atoms with Crippen LogP contribution in [0.25, 0.3) is 0 Å². The molecule has 1 heterocycles. The quantitative estimate of drug-likeness (QED) is 0.804. The number of anilines is 1. The maximum atomic E-state index is 12.2. The minimum Gasteiger partial charge on any atom is -0.492 e. The van der Waals surface area contributed by atoms with E-state index in [1.807, 2.05) is 37.3 Å². The number of hydrogen-bond acceptors (Lipinski definition) is 5. The van der Waals surface area contributed by atoms with E-state index in [9.17, 15) is 9.59 Å². The van der Waals surface area contributed by atoms with E-state index in [0.717, 1.165) is 10.5 Å². The van der Waals surface area contributed by atoms with Crippen LogP contribution in [0.15, 0.2) is 53.4 Å². The number of ether oxygens (including phenoxy) is 2. The second-order valence-corrected chi connectivity index (χ2v) is 6.75. The third-order valence-electron chi connectivity index (χ3n) is 3.72. The summed E-state index contributed by atoms with van der Waals surface area (Å²) in [5.74, 6) is -0.165. The first kappa shape index (κ1) is 17.4. The van der Waals surface area contributed by atoms with Gasteiger partial charge in [-0.2, -0.15) is 0 Å². The minimum absolute atomic E-state index is 0.291. The Balaban J connectivity index is 1.51. The summed E-state index contributed by atoms with van der Waals surface area (Å²) in [4.78, 5) is 25.3. The Labute approximate surface area is 150 Å². The number of amides is 1. The number of benzene rings is 2. The van der Waals surface area contributed by atoms with Crippen LogP contribution in [0.2, 0.25) is 0 Å². The van der Waals surface area contributed by atoms with Crippen LogP contribution in [0, 0.1) is 0 Å². The second-order valence-electron chi connectivity index (χ2n) is 5.50. The highest BCUT2D eigenvalue weighted by molar-refractivity contribution is 8.01. The molecule has 1 N–H and O–H groups in total. The molecule has 0 aromatic heterocycles. The van der Waals surface area contributed by atoms with E-state index >= 15 is 0 Å². The van der Waals surface area contributed by atoms with Crippen molar-refractivity contribution in [1.29, 1.82) is 0 Å². The van der Waals surface area contributed by atoms with Gasteiger partial charge in [0.05, 0.1) is 12.3 Å². The Morgan fingerprint density at radius 1 is 1.16 bits per heavy atom. The molecule has 1 amide bonds. The molecule has 2 aromatic rings. The monoisotopic (exact) mass is 357 g/mol. The molecule has 6 heteroatoms. The number of thioether (sulfide) groups is 1. The number of rotatable bonds is 6. The molecular formula is C19H19NO4S. The molecular weight excluding hydrogens is 338 g/mol. The molecule has 5 nitrogen and oxygen atoms in total. The number of fused-ring (bicyclic) bond motifs is 1. The van der Waals surface area contributed by atoms with Crippen molar-refractivity contribution in [1.82, 2.24) is 0 Å². The number of carbonyl (C=O) groups excluding carboxylic acids is 2. The summed E-state index contributed by atoms with van der Waals surface area (Å²) >= 11 is 1.48. The van der Waals surface area contributed by atoms with E-state index in [1.54, 1.807) is 18.2 Å². The Morgan fingerprint density at radius 3 is 2.72 bits per heavy atom. The average molecular weight is 357 g/mol. The maximum absolute atomic E-state index is 12.2. The van der Waals surface area contributed by atoms with Gasteiger partial charge < -0.3 is 14.8 Å². The summed E-state index contributed by atoms with van der Waals surface area (Å²) in [5.41, 5.74) is 1.71. The molecule has 0 saturated carbocycles. The van der Waals surface area contributed by atoms with Gasteiger partial charge in [-0.3, -0.25) is 9.59 Å². The fourth-order valence-electron chi connectivity index (χ4n) is 2.58. The Hall–Kier alpha value is -2.47. The van der Waals surface area contributed by atoms with Crippen LogP contribution >= 0.6 is 11.8 Å². The zero-order chi connectivity index (χ0) is 17.6. The Kier molecular flexibility index (Phi) is 5.60. The molecule has 1 unspecified atom stereocenters. The molecule has 0 aliphatic carbocycles. The molecule has 3 rings (SSSR count). The van der Waals surface area contributed by atoms with Gasteiger partial charge >= 0.3 is 5.97 Å². The molecule has 0 fully saturated rings. The number of esters is 1. The van der Waals surface area contributed by atoms with Crippen LogP contribution in [0.4, 0.5) is 5.69 Å². The normalized spacial score (nSPS) is 15.3. The minimum atomic E-state index is -0.388. The van der Waals surface area contributed by atoms with Gasteiger partial charge in [-0.1, -0.05) is 30.3 Å². The molecule has 0 bridgehead atoms. The second kappa shape index (κ2) is 8.07. The molecule has 0 spiro atoms.